The molecule has 192 valence electrons. The molecule has 0 aliphatic carbocycles. The number of hydrogen-bond donors (Lipinski definition) is 1. The standard InChI is InChI=1S/C29H29NO7/c1-6-17-7-9-18(10-8-17)26-25(27(31)19-11-13-21(34-2)23(15-19)36-4)28(32)29(33)30(26)20-12-14-22(35-3)24(16-20)37-5/h7-16,26,31H,6H2,1-5H3/b27-25+. The third-order valence-corrected chi connectivity index (χ3v) is 6.45. The molecule has 1 aliphatic heterocycles. The number of hydrogen-bond acceptors (Lipinski definition) is 7. The molecular weight excluding hydrogens is 474 g/mol. The summed E-state index contributed by atoms with van der Waals surface area (Å²) in [5.41, 5.74) is 2.49. The lowest BCUT2D eigenvalue weighted by molar-refractivity contribution is -0.132. The highest BCUT2D eigenvalue weighted by Crippen LogP contribution is 2.44. The van der Waals surface area contributed by atoms with Gasteiger partial charge in [-0.25, -0.2) is 0 Å². The second-order valence-electron chi connectivity index (χ2n) is 8.37. The molecule has 1 saturated heterocycles. The Morgan fingerprint density at radius 1 is 0.784 bits per heavy atom. The van der Waals surface area contributed by atoms with Gasteiger partial charge < -0.3 is 24.1 Å². The number of amides is 1. The van der Waals surface area contributed by atoms with Crippen molar-refractivity contribution in [2.24, 2.45) is 0 Å². The smallest absolute Gasteiger partial charge is 0.300 e. The van der Waals surface area contributed by atoms with Crippen LogP contribution in [-0.4, -0.2) is 45.2 Å². The maximum atomic E-state index is 13.5. The van der Waals surface area contributed by atoms with Crippen molar-refractivity contribution >= 4 is 23.1 Å². The van der Waals surface area contributed by atoms with Crippen molar-refractivity contribution in [3.63, 3.8) is 0 Å². The third-order valence-electron chi connectivity index (χ3n) is 6.45. The van der Waals surface area contributed by atoms with Gasteiger partial charge in [-0.3, -0.25) is 14.5 Å². The maximum Gasteiger partial charge on any atom is 0.300 e. The van der Waals surface area contributed by atoms with Crippen LogP contribution in [-0.2, 0) is 16.0 Å². The first-order chi connectivity index (χ1) is 17.9. The molecule has 1 heterocycles. The van der Waals surface area contributed by atoms with Gasteiger partial charge in [0.25, 0.3) is 11.7 Å². The van der Waals surface area contributed by atoms with Crippen LogP contribution in [0.4, 0.5) is 5.69 Å². The van der Waals surface area contributed by atoms with Crippen molar-refractivity contribution in [1.82, 2.24) is 0 Å². The van der Waals surface area contributed by atoms with Crippen molar-refractivity contribution in [1.29, 1.82) is 0 Å². The summed E-state index contributed by atoms with van der Waals surface area (Å²) in [7, 11) is 5.99. The zero-order valence-corrected chi connectivity index (χ0v) is 21.4. The summed E-state index contributed by atoms with van der Waals surface area (Å²) in [6.45, 7) is 2.04. The molecule has 0 spiro atoms. The van der Waals surface area contributed by atoms with Crippen LogP contribution < -0.4 is 23.8 Å². The van der Waals surface area contributed by atoms with Crippen LogP contribution in [0.1, 0.15) is 29.7 Å². The Labute approximate surface area is 215 Å². The van der Waals surface area contributed by atoms with E-state index < -0.39 is 17.7 Å². The lowest BCUT2D eigenvalue weighted by atomic mass is 9.94. The number of aryl methyl sites for hydroxylation is 1. The van der Waals surface area contributed by atoms with Gasteiger partial charge in [-0.15, -0.1) is 0 Å². The maximum absolute atomic E-state index is 13.5. The molecule has 0 bridgehead atoms. The van der Waals surface area contributed by atoms with Crippen molar-refractivity contribution in [2.45, 2.75) is 19.4 Å². The molecule has 1 amide bonds. The zero-order valence-electron chi connectivity index (χ0n) is 21.4. The normalized spacial score (nSPS) is 16.6. The fourth-order valence-electron chi connectivity index (χ4n) is 4.46. The van der Waals surface area contributed by atoms with Crippen LogP contribution in [0, 0.1) is 0 Å². The number of carbonyl (C=O) groups excluding carboxylic acids is 2. The number of carbonyl (C=O) groups is 2. The third kappa shape index (κ3) is 4.58. The number of nitrogens with zero attached hydrogens (tertiary/aromatic N) is 1. The highest BCUT2D eigenvalue weighted by atomic mass is 16.5. The van der Waals surface area contributed by atoms with Crippen LogP contribution in [0.25, 0.3) is 5.76 Å². The van der Waals surface area contributed by atoms with Gasteiger partial charge in [-0.05, 0) is 47.9 Å². The molecule has 4 rings (SSSR count). The Balaban J connectivity index is 1.94. The fourth-order valence-corrected chi connectivity index (χ4v) is 4.46. The van der Waals surface area contributed by atoms with E-state index >= 15 is 0 Å². The summed E-state index contributed by atoms with van der Waals surface area (Å²) in [5, 5.41) is 11.4. The van der Waals surface area contributed by atoms with Crippen LogP contribution in [0.2, 0.25) is 0 Å². The van der Waals surface area contributed by atoms with Crippen LogP contribution in [0.5, 0.6) is 23.0 Å². The van der Waals surface area contributed by atoms with Gasteiger partial charge in [-0.1, -0.05) is 31.2 Å². The van der Waals surface area contributed by atoms with Crippen molar-refractivity contribution in [3.05, 3.63) is 82.9 Å². The predicted octanol–water partition coefficient (Wildman–Crippen LogP) is 4.91. The molecule has 8 nitrogen and oxygen atoms in total. The summed E-state index contributed by atoms with van der Waals surface area (Å²) in [4.78, 5) is 28.3. The number of anilines is 1. The highest BCUT2D eigenvalue weighted by Gasteiger charge is 2.47. The Bertz CT molecular complexity index is 1360. The predicted molar refractivity (Wildman–Crippen MR) is 140 cm³/mol. The average Bonchev–Trinajstić information content (AvgIpc) is 3.21. The van der Waals surface area contributed by atoms with Crippen molar-refractivity contribution in [3.8, 4) is 23.0 Å². The van der Waals surface area contributed by atoms with E-state index in [1.165, 1.54) is 33.3 Å². The number of methoxy groups -OCH3 is 4. The Hall–Kier alpha value is -4.46. The molecule has 0 saturated carbocycles. The molecule has 8 heteroatoms. The summed E-state index contributed by atoms with van der Waals surface area (Å²) in [5.74, 6) is -0.141. The molecule has 1 atom stereocenters. The van der Waals surface area contributed by atoms with E-state index in [1.54, 1.807) is 36.4 Å². The summed E-state index contributed by atoms with van der Waals surface area (Å²) in [6, 6.07) is 16.5. The largest absolute Gasteiger partial charge is 0.507 e. The molecule has 0 aromatic heterocycles. The quantitative estimate of drug-likeness (QED) is 0.265. The van der Waals surface area contributed by atoms with E-state index in [-0.39, 0.29) is 11.3 Å². The Morgan fingerprint density at radius 2 is 1.35 bits per heavy atom. The number of ketones is 1. The summed E-state index contributed by atoms with van der Waals surface area (Å²) in [6.07, 6.45) is 0.835. The monoisotopic (exact) mass is 503 g/mol. The van der Waals surface area contributed by atoms with Gasteiger partial charge in [0.15, 0.2) is 23.0 Å². The number of aliphatic hydroxyl groups is 1. The molecule has 1 unspecified atom stereocenters. The number of Topliss-reactive ketones (excluding diaryl/α,β-unsaturated/α-hetero) is 1. The van der Waals surface area contributed by atoms with Gasteiger partial charge in [0.2, 0.25) is 0 Å². The molecular formula is C29H29NO7. The highest BCUT2D eigenvalue weighted by molar-refractivity contribution is 6.51. The molecule has 1 fully saturated rings. The Kier molecular flexibility index (Phi) is 7.38. The summed E-state index contributed by atoms with van der Waals surface area (Å²) < 4.78 is 21.4. The van der Waals surface area contributed by atoms with E-state index in [1.807, 2.05) is 31.2 Å². The minimum Gasteiger partial charge on any atom is -0.507 e. The second kappa shape index (κ2) is 10.7. The second-order valence-corrected chi connectivity index (χ2v) is 8.37. The van der Waals surface area contributed by atoms with Crippen LogP contribution in [0.15, 0.2) is 66.2 Å². The van der Waals surface area contributed by atoms with Gasteiger partial charge in [0, 0.05) is 17.3 Å². The van der Waals surface area contributed by atoms with E-state index in [2.05, 4.69) is 0 Å². The first-order valence-electron chi connectivity index (χ1n) is 11.7. The van der Waals surface area contributed by atoms with Gasteiger partial charge >= 0.3 is 0 Å². The first-order valence-corrected chi connectivity index (χ1v) is 11.7. The van der Waals surface area contributed by atoms with Gasteiger partial charge in [-0.2, -0.15) is 0 Å². The minimum absolute atomic E-state index is 0.0312. The number of benzene rings is 3. The van der Waals surface area contributed by atoms with Gasteiger partial charge in [0.1, 0.15) is 5.76 Å². The van der Waals surface area contributed by atoms with Crippen LogP contribution in [0.3, 0.4) is 0 Å². The van der Waals surface area contributed by atoms with E-state index in [9.17, 15) is 14.7 Å². The molecule has 1 N–H and O–H groups in total. The van der Waals surface area contributed by atoms with E-state index in [0.29, 0.717) is 39.8 Å². The lowest BCUT2D eigenvalue weighted by Crippen LogP contribution is -2.29. The van der Waals surface area contributed by atoms with E-state index in [0.717, 1.165) is 12.0 Å². The first kappa shape index (κ1) is 25.6. The van der Waals surface area contributed by atoms with Crippen molar-refractivity contribution < 1.29 is 33.6 Å². The molecule has 1 aliphatic rings. The Morgan fingerprint density at radius 3 is 1.92 bits per heavy atom. The molecule has 3 aromatic carbocycles. The molecule has 0 radical (unpaired) electrons. The fraction of sp³-hybridized carbons (Fsp3) is 0.241. The summed E-state index contributed by atoms with van der Waals surface area (Å²) >= 11 is 0. The van der Waals surface area contributed by atoms with Gasteiger partial charge in [0.05, 0.1) is 40.1 Å². The number of rotatable bonds is 8. The molecule has 37 heavy (non-hydrogen) atoms. The zero-order chi connectivity index (χ0) is 26.7. The number of aliphatic hydroxyl groups excluding tert-OH is 1. The molecule has 3 aromatic rings. The van der Waals surface area contributed by atoms with Crippen molar-refractivity contribution in [2.75, 3.05) is 33.3 Å². The average molecular weight is 504 g/mol. The minimum atomic E-state index is -0.878. The van der Waals surface area contributed by atoms with E-state index in [4.69, 9.17) is 18.9 Å². The number of ether oxygens (including phenoxy) is 4. The lowest BCUT2D eigenvalue weighted by Gasteiger charge is -2.26. The SMILES string of the molecule is CCc1ccc(C2/C(=C(\O)c3ccc(OC)c(OC)c3)C(=O)C(=O)N2c2ccc(OC)c(OC)c2)cc1. The topological polar surface area (TPSA) is 94.5 Å². The van der Waals surface area contributed by atoms with Crippen LogP contribution >= 0.6 is 0 Å².